The SMILES string of the molecule is S=c1scnn1CN1CCc2sccc2C1c1ccccc1. The first kappa shape index (κ1) is 14.3. The van der Waals surface area contributed by atoms with Gasteiger partial charge in [0.25, 0.3) is 0 Å². The topological polar surface area (TPSA) is 21.1 Å². The quantitative estimate of drug-likeness (QED) is 0.659. The molecule has 112 valence electrons. The molecule has 3 nitrogen and oxygen atoms in total. The van der Waals surface area contributed by atoms with Gasteiger partial charge >= 0.3 is 0 Å². The van der Waals surface area contributed by atoms with E-state index in [1.165, 1.54) is 27.3 Å². The van der Waals surface area contributed by atoms with Crippen molar-refractivity contribution in [1.82, 2.24) is 14.7 Å². The molecule has 22 heavy (non-hydrogen) atoms. The molecule has 0 aliphatic carbocycles. The zero-order valence-electron chi connectivity index (χ0n) is 11.9. The number of rotatable bonds is 3. The minimum absolute atomic E-state index is 0.291. The Morgan fingerprint density at radius 1 is 1.18 bits per heavy atom. The van der Waals surface area contributed by atoms with E-state index in [1.54, 1.807) is 0 Å². The molecular weight excluding hydrogens is 330 g/mol. The van der Waals surface area contributed by atoms with Gasteiger partial charge in [-0.15, -0.1) is 11.3 Å². The molecule has 1 aromatic carbocycles. The Kier molecular flexibility index (Phi) is 3.92. The summed E-state index contributed by atoms with van der Waals surface area (Å²) < 4.78 is 2.76. The fourth-order valence-corrected chi connectivity index (χ4v) is 4.66. The lowest BCUT2D eigenvalue weighted by Crippen LogP contribution is -2.37. The van der Waals surface area contributed by atoms with Crippen LogP contribution in [0.15, 0.2) is 47.3 Å². The highest BCUT2D eigenvalue weighted by Gasteiger charge is 2.29. The fourth-order valence-electron chi connectivity index (χ4n) is 3.05. The molecule has 4 rings (SSSR count). The van der Waals surface area contributed by atoms with E-state index in [0.717, 1.165) is 23.6 Å². The van der Waals surface area contributed by atoms with Crippen LogP contribution in [-0.2, 0) is 13.1 Å². The van der Waals surface area contributed by atoms with Gasteiger partial charge in [-0.1, -0.05) is 41.7 Å². The number of hydrogen-bond donors (Lipinski definition) is 0. The lowest BCUT2D eigenvalue weighted by atomic mass is 9.94. The van der Waals surface area contributed by atoms with E-state index in [9.17, 15) is 0 Å². The van der Waals surface area contributed by atoms with E-state index in [4.69, 9.17) is 12.2 Å². The minimum atomic E-state index is 0.291. The fraction of sp³-hybridized carbons (Fsp3) is 0.250. The molecule has 3 aromatic rings. The second kappa shape index (κ2) is 6.04. The maximum Gasteiger partial charge on any atom is 0.180 e. The number of aromatic nitrogens is 2. The standard InChI is InChI=1S/C16H15N3S3/c20-16-19(17-10-22-16)11-18-8-6-14-13(7-9-21-14)15(18)12-4-2-1-3-5-12/h1-5,7,9-10,15H,6,8,11H2. The van der Waals surface area contributed by atoms with Crippen LogP contribution >= 0.6 is 34.9 Å². The van der Waals surface area contributed by atoms with Gasteiger partial charge in [-0.2, -0.15) is 5.10 Å². The Hall–Kier alpha value is -1.34. The summed E-state index contributed by atoms with van der Waals surface area (Å²) in [7, 11) is 0. The van der Waals surface area contributed by atoms with Crippen LogP contribution in [0, 0.1) is 3.95 Å². The molecule has 0 radical (unpaired) electrons. The molecule has 1 aliphatic rings. The molecule has 0 fully saturated rings. The highest BCUT2D eigenvalue weighted by Crippen LogP contribution is 2.37. The summed E-state index contributed by atoms with van der Waals surface area (Å²) in [6.45, 7) is 1.78. The van der Waals surface area contributed by atoms with Gasteiger partial charge in [-0.25, -0.2) is 4.68 Å². The highest BCUT2D eigenvalue weighted by atomic mass is 32.1. The summed E-state index contributed by atoms with van der Waals surface area (Å²) in [5, 5.41) is 6.58. The van der Waals surface area contributed by atoms with Crippen molar-refractivity contribution in [2.24, 2.45) is 0 Å². The molecule has 0 saturated carbocycles. The molecule has 0 spiro atoms. The third kappa shape index (κ3) is 2.56. The maximum atomic E-state index is 5.36. The molecular formula is C16H15N3S3. The van der Waals surface area contributed by atoms with E-state index < -0.39 is 0 Å². The highest BCUT2D eigenvalue weighted by molar-refractivity contribution is 7.73. The summed E-state index contributed by atoms with van der Waals surface area (Å²) >= 11 is 8.75. The van der Waals surface area contributed by atoms with Gasteiger partial charge in [0.2, 0.25) is 0 Å². The van der Waals surface area contributed by atoms with Crippen molar-refractivity contribution >= 4 is 34.9 Å². The molecule has 0 amide bonds. The summed E-state index contributed by atoms with van der Waals surface area (Å²) in [6, 6.07) is 13.3. The van der Waals surface area contributed by atoms with Crippen LogP contribution in [0.1, 0.15) is 22.0 Å². The van der Waals surface area contributed by atoms with Crippen LogP contribution in [0.3, 0.4) is 0 Å². The van der Waals surface area contributed by atoms with E-state index in [1.807, 2.05) is 21.5 Å². The molecule has 0 bridgehead atoms. The van der Waals surface area contributed by atoms with Gasteiger partial charge in [0, 0.05) is 11.4 Å². The second-order valence-electron chi connectivity index (χ2n) is 5.32. The third-order valence-corrected chi connectivity index (χ3v) is 6.16. The van der Waals surface area contributed by atoms with Crippen molar-refractivity contribution in [3.8, 4) is 0 Å². The second-order valence-corrected chi connectivity index (χ2v) is 7.80. The Morgan fingerprint density at radius 3 is 2.82 bits per heavy atom. The first-order valence-corrected chi connectivity index (χ1v) is 9.35. The monoisotopic (exact) mass is 345 g/mol. The largest absolute Gasteiger partial charge is 0.273 e. The van der Waals surface area contributed by atoms with Crippen LogP contribution in [0.4, 0.5) is 0 Å². The average Bonchev–Trinajstić information content (AvgIpc) is 3.17. The molecule has 1 aliphatic heterocycles. The molecule has 1 unspecified atom stereocenters. The van der Waals surface area contributed by atoms with E-state index in [-0.39, 0.29) is 0 Å². The number of thiophene rings is 1. The smallest absolute Gasteiger partial charge is 0.180 e. The summed E-state index contributed by atoms with van der Waals surface area (Å²) in [5.74, 6) is 0. The normalized spacial score (nSPS) is 18.3. The number of benzene rings is 1. The van der Waals surface area contributed by atoms with Gasteiger partial charge in [-0.05, 0) is 41.2 Å². The Balaban J connectivity index is 1.74. The summed E-state index contributed by atoms with van der Waals surface area (Å²) in [4.78, 5) is 3.98. The summed E-state index contributed by atoms with van der Waals surface area (Å²) in [5.41, 5.74) is 4.59. The Morgan fingerprint density at radius 2 is 2.05 bits per heavy atom. The van der Waals surface area contributed by atoms with Gasteiger partial charge in [-0.3, -0.25) is 4.90 Å². The average molecular weight is 346 g/mol. The van der Waals surface area contributed by atoms with E-state index in [0.29, 0.717) is 6.04 Å². The predicted octanol–water partition coefficient (Wildman–Crippen LogP) is 4.34. The first-order chi connectivity index (χ1) is 10.8. The van der Waals surface area contributed by atoms with Crippen molar-refractivity contribution in [3.63, 3.8) is 0 Å². The predicted molar refractivity (Wildman–Crippen MR) is 94.0 cm³/mol. The maximum absolute atomic E-state index is 5.36. The number of nitrogens with zero attached hydrogens (tertiary/aromatic N) is 3. The van der Waals surface area contributed by atoms with Crippen molar-refractivity contribution in [2.75, 3.05) is 6.54 Å². The van der Waals surface area contributed by atoms with Crippen molar-refractivity contribution in [2.45, 2.75) is 19.1 Å². The zero-order chi connectivity index (χ0) is 14.9. The zero-order valence-corrected chi connectivity index (χ0v) is 14.3. The molecule has 0 saturated heterocycles. The molecule has 0 N–H and O–H groups in total. The van der Waals surface area contributed by atoms with E-state index in [2.05, 4.69) is 51.8 Å². The molecule has 1 atom stereocenters. The van der Waals surface area contributed by atoms with Crippen molar-refractivity contribution in [1.29, 1.82) is 0 Å². The van der Waals surface area contributed by atoms with Crippen LogP contribution in [-0.4, -0.2) is 21.2 Å². The van der Waals surface area contributed by atoms with Crippen LogP contribution < -0.4 is 0 Å². The van der Waals surface area contributed by atoms with Crippen LogP contribution in [0.5, 0.6) is 0 Å². The number of hydrogen-bond acceptors (Lipinski definition) is 5. The lowest BCUT2D eigenvalue weighted by Gasteiger charge is -2.36. The van der Waals surface area contributed by atoms with Crippen LogP contribution in [0.25, 0.3) is 0 Å². The molecule has 2 aromatic heterocycles. The Bertz CT molecular complexity index is 818. The third-order valence-electron chi connectivity index (χ3n) is 4.05. The van der Waals surface area contributed by atoms with Crippen molar-refractivity contribution in [3.05, 3.63) is 67.2 Å². The van der Waals surface area contributed by atoms with Crippen molar-refractivity contribution < 1.29 is 0 Å². The molecule has 3 heterocycles. The first-order valence-electron chi connectivity index (χ1n) is 7.19. The van der Waals surface area contributed by atoms with Gasteiger partial charge in [0.15, 0.2) is 3.95 Å². The lowest BCUT2D eigenvalue weighted by molar-refractivity contribution is 0.157. The Labute approximate surface area is 142 Å². The van der Waals surface area contributed by atoms with Gasteiger partial charge in [0.1, 0.15) is 5.51 Å². The number of fused-ring (bicyclic) bond motifs is 1. The van der Waals surface area contributed by atoms with E-state index >= 15 is 0 Å². The van der Waals surface area contributed by atoms with Gasteiger partial charge < -0.3 is 0 Å². The summed E-state index contributed by atoms with van der Waals surface area (Å²) in [6.07, 6.45) is 1.10. The van der Waals surface area contributed by atoms with Gasteiger partial charge in [0.05, 0.1) is 12.7 Å². The minimum Gasteiger partial charge on any atom is -0.273 e. The molecule has 6 heteroatoms. The van der Waals surface area contributed by atoms with Crippen LogP contribution in [0.2, 0.25) is 0 Å².